The van der Waals surface area contributed by atoms with E-state index in [0.29, 0.717) is 27.9 Å². The number of rotatable bonds is 6. The van der Waals surface area contributed by atoms with Crippen LogP contribution in [0, 0.1) is 0 Å². The maximum Gasteiger partial charge on any atom is 0.274 e. The van der Waals surface area contributed by atoms with Crippen LogP contribution < -0.4 is 20.1 Å². The van der Waals surface area contributed by atoms with Gasteiger partial charge in [-0.3, -0.25) is 4.79 Å². The van der Waals surface area contributed by atoms with Gasteiger partial charge < -0.3 is 20.1 Å². The van der Waals surface area contributed by atoms with Gasteiger partial charge in [0.25, 0.3) is 5.91 Å². The first kappa shape index (κ1) is 18.5. The van der Waals surface area contributed by atoms with Gasteiger partial charge in [0.15, 0.2) is 11.5 Å². The van der Waals surface area contributed by atoms with Crippen molar-refractivity contribution in [3.63, 3.8) is 0 Å². The topological polar surface area (TPSA) is 85.4 Å². The Hall–Kier alpha value is -3.32. The number of halogens is 1. The van der Waals surface area contributed by atoms with E-state index >= 15 is 0 Å². The maximum atomic E-state index is 12.4. The van der Waals surface area contributed by atoms with Gasteiger partial charge in [-0.05, 0) is 36.4 Å². The first-order valence-electron chi connectivity index (χ1n) is 7.98. The first-order chi connectivity index (χ1) is 13.1. The Morgan fingerprint density at radius 3 is 2.56 bits per heavy atom. The number of aromatic nitrogens is 2. The van der Waals surface area contributed by atoms with E-state index in [9.17, 15) is 4.79 Å². The Bertz CT molecular complexity index is 965. The first-order valence-corrected chi connectivity index (χ1v) is 8.36. The van der Waals surface area contributed by atoms with Gasteiger partial charge in [-0.1, -0.05) is 17.7 Å². The molecular formula is C19H17ClN4O3. The van der Waals surface area contributed by atoms with Gasteiger partial charge in [-0.25, -0.2) is 9.97 Å². The van der Waals surface area contributed by atoms with E-state index in [2.05, 4.69) is 20.6 Å². The third-order valence-corrected chi connectivity index (χ3v) is 3.85. The van der Waals surface area contributed by atoms with Crippen molar-refractivity contribution >= 4 is 34.8 Å². The zero-order valence-electron chi connectivity index (χ0n) is 14.7. The average molecular weight is 385 g/mol. The summed E-state index contributed by atoms with van der Waals surface area (Å²) in [4.78, 5) is 20.8. The number of hydrogen-bond donors (Lipinski definition) is 2. The summed E-state index contributed by atoms with van der Waals surface area (Å²) in [7, 11) is 3.12. The van der Waals surface area contributed by atoms with E-state index in [1.165, 1.54) is 12.3 Å². The Morgan fingerprint density at radius 1 is 1.00 bits per heavy atom. The highest BCUT2D eigenvalue weighted by Crippen LogP contribution is 2.30. The molecule has 27 heavy (non-hydrogen) atoms. The van der Waals surface area contributed by atoms with Crippen LogP contribution >= 0.6 is 11.6 Å². The SMILES string of the molecule is COc1ccc(Nc2nccc(C(=O)Nc3cccc(Cl)c3)n2)cc1OC. The summed E-state index contributed by atoms with van der Waals surface area (Å²) in [5.41, 5.74) is 1.49. The minimum atomic E-state index is -0.366. The van der Waals surface area contributed by atoms with Crippen molar-refractivity contribution in [1.29, 1.82) is 0 Å². The van der Waals surface area contributed by atoms with Crippen LogP contribution in [0.3, 0.4) is 0 Å². The number of anilines is 3. The van der Waals surface area contributed by atoms with Crippen LogP contribution in [-0.2, 0) is 0 Å². The van der Waals surface area contributed by atoms with Crippen LogP contribution in [0.1, 0.15) is 10.5 Å². The number of nitrogens with zero attached hydrogens (tertiary/aromatic N) is 2. The van der Waals surface area contributed by atoms with E-state index < -0.39 is 0 Å². The second kappa shape index (κ2) is 8.37. The van der Waals surface area contributed by atoms with Crippen molar-refractivity contribution in [2.75, 3.05) is 24.9 Å². The lowest BCUT2D eigenvalue weighted by atomic mass is 10.2. The van der Waals surface area contributed by atoms with Gasteiger partial charge in [0, 0.05) is 28.7 Å². The van der Waals surface area contributed by atoms with Crippen LogP contribution in [0.2, 0.25) is 5.02 Å². The highest BCUT2D eigenvalue weighted by atomic mass is 35.5. The van der Waals surface area contributed by atoms with Gasteiger partial charge in [0.2, 0.25) is 5.95 Å². The monoisotopic (exact) mass is 384 g/mol. The summed E-state index contributed by atoms with van der Waals surface area (Å²) in [5.74, 6) is 1.09. The number of methoxy groups -OCH3 is 2. The van der Waals surface area contributed by atoms with Gasteiger partial charge in [-0.15, -0.1) is 0 Å². The summed E-state index contributed by atoms with van der Waals surface area (Å²) in [6.07, 6.45) is 1.50. The quantitative estimate of drug-likeness (QED) is 0.664. The molecule has 138 valence electrons. The second-order valence-electron chi connectivity index (χ2n) is 5.42. The molecule has 2 aromatic carbocycles. The molecular weight excluding hydrogens is 368 g/mol. The average Bonchev–Trinajstić information content (AvgIpc) is 2.68. The molecule has 0 fully saturated rings. The third-order valence-electron chi connectivity index (χ3n) is 3.61. The van der Waals surface area contributed by atoms with Crippen LogP contribution in [-0.4, -0.2) is 30.1 Å². The van der Waals surface area contributed by atoms with Crippen molar-refractivity contribution in [2.24, 2.45) is 0 Å². The van der Waals surface area contributed by atoms with Gasteiger partial charge >= 0.3 is 0 Å². The maximum absolute atomic E-state index is 12.4. The van der Waals surface area contributed by atoms with Gasteiger partial charge in [0.05, 0.1) is 14.2 Å². The second-order valence-corrected chi connectivity index (χ2v) is 5.86. The third kappa shape index (κ3) is 4.65. The highest BCUT2D eigenvalue weighted by Gasteiger charge is 2.11. The lowest BCUT2D eigenvalue weighted by molar-refractivity contribution is 0.102. The van der Waals surface area contributed by atoms with E-state index in [1.807, 2.05) is 0 Å². The van der Waals surface area contributed by atoms with E-state index in [0.717, 1.165) is 0 Å². The minimum Gasteiger partial charge on any atom is -0.493 e. The molecule has 0 radical (unpaired) electrons. The Balaban J connectivity index is 1.76. The fourth-order valence-electron chi connectivity index (χ4n) is 2.35. The van der Waals surface area contributed by atoms with Crippen molar-refractivity contribution in [3.8, 4) is 11.5 Å². The van der Waals surface area contributed by atoms with E-state index in [-0.39, 0.29) is 17.5 Å². The minimum absolute atomic E-state index is 0.216. The molecule has 0 aliphatic carbocycles. The Labute approximate surface area is 161 Å². The fourth-order valence-corrected chi connectivity index (χ4v) is 2.54. The lowest BCUT2D eigenvalue weighted by Crippen LogP contribution is -2.14. The molecule has 8 heteroatoms. The molecule has 0 spiro atoms. The molecule has 3 aromatic rings. The summed E-state index contributed by atoms with van der Waals surface area (Å²) in [5, 5.41) is 6.32. The van der Waals surface area contributed by atoms with Crippen molar-refractivity contribution in [2.45, 2.75) is 0 Å². The van der Waals surface area contributed by atoms with Crippen LogP contribution in [0.4, 0.5) is 17.3 Å². The Morgan fingerprint density at radius 2 is 1.81 bits per heavy atom. The summed E-state index contributed by atoms with van der Waals surface area (Å²) in [6, 6.07) is 13.7. The molecule has 1 amide bonds. The predicted octanol–water partition coefficient (Wildman–Crippen LogP) is 4.14. The molecule has 1 heterocycles. The molecule has 3 rings (SSSR count). The number of nitrogens with one attached hydrogen (secondary N) is 2. The molecule has 0 unspecified atom stereocenters. The number of benzene rings is 2. The molecule has 0 atom stereocenters. The van der Waals surface area contributed by atoms with E-state index in [4.69, 9.17) is 21.1 Å². The summed E-state index contributed by atoms with van der Waals surface area (Å²) < 4.78 is 10.5. The van der Waals surface area contributed by atoms with E-state index in [1.54, 1.807) is 56.7 Å². The summed E-state index contributed by atoms with van der Waals surface area (Å²) in [6.45, 7) is 0. The molecule has 0 bridgehead atoms. The Kier molecular flexibility index (Phi) is 5.73. The molecule has 1 aromatic heterocycles. The zero-order chi connectivity index (χ0) is 19.2. The lowest BCUT2D eigenvalue weighted by Gasteiger charge is -2.11. The highest BCUT2D eigenvalue weighted by molar-refractivity contribution is 6.30. The van der Waals surface area contributed by atoms with Crippen LogP contribution in [0.5, 0.6) is 11.5 Å². The smallest absolute Gasteiger partial charge is 0.274 e. The number of carbonyl (C=O) groups is 1. The number of amides is 1. The normalized spacial score (nSPS) is 10.2. The van der Waals surface area contributed by atoms with Crippen LogP contribution in [0.15, 0.2) is 54.7 Å². The largest absolute Gasteiger partial charge is 0.493 e. The van der Waals surface area contributed by atoms with Gasteiger partial charge in [0.1, 0.15) is 5.69 Å². The number of hydrogen-bond acceptors (Lipinski definition) is 6. The standard InChI is InChI=1S/C19H17ClN4O3/c1-26-16-7-6-14(11-17(16)27-2)23-19-21-9-8-15(24-19)18(25)22-13-5-3-4-12(20)10-13/h3-11H,1-2H3,(H,22,25)(H,21,23,24). The summed E-state index contributed by atoms with van der Waals surface area (Å²) >= 11 is 5.93. The molecule has 7 nitrogen and oxygen atoms in total. The fraction of sp³-hybridized carbons (Fsp3) is 0.105. The molecule has 0 aliphatic heterocycles. The van der Waals surface area contributed by atoms with Gasteiger partial charge in [-0.2, -0.15) is 0 Å². The van der Waals surface area contributed by atoms with Crippen molar-refractivity contribution in [3.05, 3.63) is 65.4 Å². The molecule has 0 saturated heterocycles. The zero-order valence-corrected chi connectivity index (χ0v) is 15.4. The number of ether oxygens (including phenoxy) is 2. The number of carbonyl (C=O) groups excluding carboxylic acids is 1. The van der Waals surface area contributed by atoms with Crippen molar-refractivity contribution < 1.29 is 14.3 Å². The molecule has 0 saturated carbocycles. The van der Waals surface area contributed by atoms with Crippen molar-refractivity contribution in [1.82, 2.24) is 9.97 Å². The molecule has 0 aliphatic rings. The molecule has 2 N–H and O–H groups in total. The predicted molar refractivity (Wildman–Crippen MR) is 104 cm³/mol. The van der Waals surface area contributed by atoms with Crippen LogP contribution in [0.25, 0.3) is 0 Å².